The molecule has 0 aromatic heterocycles. The van der Waals surface area contributed by atoms with Crippen molar-refractivity contribution < 1.29 is 0 Å². The molecule has 0 saturated heterocycles. The topological polar surface area (TPSA) is 0 Å². The Labute approximate surface area is 65.7 Å². The molecule has 0 aliphatic rings. The molecule has 0 heteroatoms. The van der Waals surface area contributed by atoms with Crippen molar-refractivity contribution in [3.8, 4) is 0 Å². The molecule has 0 atom stereocenters. The van der Waals surface area contributed by atoms with Crippen LogP contribution in [0.1, 0.15) is 40.0 Å². The highest BCUT2D eigenvalue weighted by atomic mass is 13.7. The first-order chi connectivity index (χ1) is 4.83. The van der Waals surface area contributed by atoms with E-state index < -0.39 is 0 Å². The lowest BCUT2D eigenvalue weighted by Crippen LogP contribution is -1.55. The first-order valence-electron chi connectivity index (χ1n) is 4.05. The fraction of sp³-hybridized carbons (Fsp3) is 0.600. The van der Waals surface area contributed by atoms with Crippen LogP contribution >= 0.6 is 0 Å². The Bertz CT molecular complexity index is 70.1. The quantitative estimate of drug-likeness (QED) is 0.521. The molecule has 0 aromatic carbocycles. The van der Waals surface area contributed by atoms with Crippen LogP contribution in [0, 0.1) is 0 Å². The number of unbranched alkanes of at least 4 members (excludes halogenated alkanes) is 1. The third-order valence-corrected chi connectivity index (χ3v) is 0.980. The third kappa shape index (κ3) is 25.9. The maximum absolute atomic E-state index is 3.48. The molecule has 0 aromatic rings. The number of hydrogen-bond acceptors (Lipinski definition) is 0. The molecule has 0 spiro atoms. The molecule has 60 valence electrons. The molecule has 0 amide bonds. The summed E-state index contributed by atoms with van der Waals surface area (Å²) in [5.74, 6) is 0. The summed E-state index contributed by atoms with van der Waals surface area (Å²) < 4.78 is 0. The summed E-state index contributed by atoms with van der Waals surface area (Å²) in [6.45, 7) is 9.77. The first kappa shape index (κ1) is 12.2. The van der Waals surface area contributed by atoms with E-state index in [-0.39, 0.29) is 0 Å². The average Bonchev–Trinajstić information content (AvgIpc) is 2.01. The molecule has 0 heterocycles. The van der Waals surface area contributed by atoms with E-state index in [2.05, 4.69) is 39.5 Å². The van der Waals surface area contributed by atoms with Crippen molar-refractivity contribution in [2.24, 2.45) is 0 Å². The van der Waals surface area contributed by atoms with Gasteiger partial charge in [0.2, 0.25) is 0 Å². The van der Waals surface area contributed by atoms with Gasteiger partial charge in [-0.05, 0) is 19.8 Å². The Kier molecular flexibility index (Phi) is 19.3. The van der Waals surface area contributed by atoms with E-state index in [9.17, 15) is 0 Å². The van der Waals surface area contributed by atoms with Crippen LogP contribution < -0.4 is 0 Å². The molecule has 0 unspecified atom stereocenters. The van der Waals surface area contributed by atoms with Crippen LogP contribution in [0.4, 0.5) is 0 Å². The van der Waals surface area contributed by atoms with Crippen molar-refractivity contribution in [1.29, 1.82) is 0 Å². The Balaban J connectivity index is 0. The summed E-state index contributed by atoms with van der Waals surface area (Å²) in [6.07, 6.45) is 9.73. The van der Waals surface area contributed by atoms with Crippen LogP contribution in [-0.2, 0) is 0 Å². The number of allylic oxidation sites excluding steroid dienone is 3. The Morgan fingerprint density at radius 2 is 1.80 bits per heavy atom. The molecule has 0 radical (unpaired) electrons. The standard InChI is InChI=1S/C6H12.C4H8/c1-3-5-6-4-2;1-3-4-2/h3,5H,4,6H2,1-2H3;3H,1,4H2,2H3. The van der Waals surface area contributed by atoms with Gasteiger partial charge in [-0.2, -0.15) is 0 Å². The van der Waals surface area contributed by atoms with E-state index in [1.165, 1.54) is 12.8 Å². The van der Waals surface area contributed by atoms with E-state index in [4.69, 9.17) is 0 Å². The molecular formula is C10H20. The molecule has 0 fully saturated rings. The van der Waals surface area contributed by atoms with Crippen molar-refractivity contribution >= 4 is 0 Å². The minimum absolute atomic E-state index is 1.08. The van der Waals surface area contributed by atoms with Crippen molar-refractivity contribution in [2.75, 3.05) is 0 Å². The first-order valence-corrected chi connectivity index (χ1v) is 4.05. The Morgan fingerprint density at radius 1 is 1.30 bits per heavy atom. The normalized spacial score (nSPS) is 8.70. The molecule has 0 N–H and O–H groups in total. The van der Waals surface area contributed by atoms with Crippen LogP contribution in [0.2, 0.25) is 0 Å². The van der Waals surface area contributed by atoms with Gasteiger partial charge < -0.3 is 0 Å². The zero-order valence-corrected chi connectivity index (χ0v) is 7.56. The summed E-state index contributed by atoms with van der Waals surface area (Å²) >= 11 is 0. The Hall–Kier alpha value is -0.520. The number of rotatable bonds is 3. The average molecular weight is 140 g/mol. The highest BCUT2D eigenvalue weighted by Crippen LogP contribution is 1.85. The Morgan fingerprint density at radius 3 is 1.90 bits per heavy atom. The van der Waals surface area contributed by atoms with E-state index in [1.807, 2.05) is 6.08 Å². The van der Waals surface area contributed by atoms with E-state index in [1.54, 1.807) is 0 Å². The summed E-state index contributed by atoms with van der Waals surface area (Å²) in [5, 5.41) is 0. The lowest BCUT2D eigenvalue weighted by Gasteiger charge is -1.76. The lowest BCUT2D eigenvalue weighted by atomic mass is 10.3. The predicted octanol–water partition coefficient (Wildman–Crippen LogP) is 3.95. The molecule has 0 nitrogen and oxygen atoms in total. The van der Waals surface area contributed by atoms with Crippen molar-refractivity contribution in [2.45, 2.75) is 40.0 Å². The second kappa shape index (κ2) is 15.8. The lowest BCUT2D eigenvalue weighted by molar-refractivity contribution is 0.957. The van der Waals surface area contributed by atoms with Gasteiger partial charge in [0.05, 0.1) is 0 Å². The minimum Gasteiger partial charge on any atom is -0.103 e. The molecule has 0 bridgehead atoms. The second-order valence-electron chi connectivity index (χ2n) is 2.05. The maximum Gasteiger partial charge on any atom is -0.0353 e. The van der Waals surface area contributed by atoms with Gasteiger partial charge in [0.1, 0.15) is 0 Å². The van der Waals surface area contributed by atoms with Gasteiger partial charge in [-0.3, -0.25) is 0 Å². The van der Waals surface area contributed by atoms with Crippen molar-refractivity contribution in [3.63, 3.8) is 0 Å². The molecule has 0 aliphatic heterocycles. The van der Waals surface area contributed by atoms with Gasteiger partial charge in [-0.1, -0.05) is 38.5 Å². The summed E-state index contributed by atoms with van der Waals surface area (Å²) in [4.78, 5) is 0. The number of hydrogen-bond donors (Lipinski definition) is 0. The second-order valence-corrected chi connectivity index (χ2v) is 2.05. The van der Waals surface area contributed by atoms with Gasteiger partial charge in [-0.25, -0.2) is 0 Å². The molecular weight excluding hydrogens is 120 g/mol. The van der Waals surface area contributed by atoms with Gasteiger partial charge in [0, 0.05) is 0 Å². The fourth-order valence-electron chi connectivity index (χ4n) is 0.333. The van der Waals surface area contributed by atoms with Gasteiger partial charge in [0.25, 0.3) is 0 Å². The van der Waals surface area contributed by atoms with Crippen LogP contribution in [-0.4, -0.2) is 0 Å². The largest absolute Gasteiger partial charge is 0.103 e. The maximum atomic E-state index is 3.48. The summed E-state index contributed by atoms with van der Waals surface area (Å²) in [5.41, 5.74) is 0. The van der Waals surface area contributed by atoms with Gasteiger partial charge in [0.15, 0.2) is 0 Å². The SMILES string of the molecule is C=CCC.CC=CCCC. The molecule has 10 heavy (non-hydrogen) atoms. The van der Waals surface area contributed by atoms with E-state index in [0.717, 1.165) is 6.42 Å². The third-order valence-electron chi connectivity index (χ3n) is 0.980. The molecule has 0 rings (SSSR count). The van der Waals surface area contributed by atoms with Crippen molar-refractivity contribution in [1.82, 2.24) is 0 Å². The van der Waals surface area contributed by atoms with E-state index >= 15 is 0 Å². The minimum atomic E-state index is 1.08. The molecule has 0 aliphatic carbocycles. The highest BCUT2D eigenvalue weighted by molar-refractivity contribution is 4.75. The van der Waals surface area contributed by atoms with E-state index in [0.29, 0.717) is 0 Å². The van der Waals surface area contributed by atoms with Crippen LogP contribution in [0.25, 0.3) is 0 Å². The fourth-order valence-corrected chi connectivity index (χ4v) is 0.333. The summed E-state index contributed by atoms with van der Waals surface area (Å²) in [6, 6.07) is 0. The van der Waals surface area contributed by atoms with Gasteiger partial charge in [-0.15, -0.1) is 6.58 Å². The van der Waals surface area contributed by atoms with Gasteiger partial charge >= 0.3 is 0 Å². The van der Waals surface area contributed by atoms with Crippen LogP contribution in [0.5, 0.6) is 0 Å². The molecule has 0 saturated carbocycles. The van der Waals surface area contributed by atoms with Crippen LogP contribution in [0.15, 0.2) is 24.8 Å². The predicted molar refractivity (Wildman–Crippen MR) is 50.2 cm³/mol. The zero-order valence-electron chi connectivity index (χ0n) is 7.56. The van der Waals surface area contributed by atoms with Crippen LogP contribution in [0.3, 0.4) is 0 Å². The summed E-state index contributed by atoms with van der Waals surface area (Å²) in [7, 11) is 0. The van der Waals surface area contributed by atoms with Crippen molar-refractivity contribution in [3.05, 3.63) is 24.8 Å². The monoisotopic (exact) mass is 140 g/mol. The highest BCUT2D eigenvalue weighted by Gasteiger charge is 1.64. The zero-order chi connectivity index (χ0) is 8.24. The smallest absolute Gasteiger partial charge is 0.0353 e.